The fraction of sp³-hybridized carbons (Fsp3) is 0.389. The van der Waals surface area contributed by atoms with Crippen LogP contribution in [-0.2, 0) is 16.1 Å². The Morgan fingerprint density at radius 2 is 1.92 bits per heavy atom. The average Bonchev–Trinajstić information content (AvgIpc) is 3.19. The Hall–Kier alpha value is -2.83. The second-order valence-electron chi connectivity index (χ2n) is 5.91. The summed E-state index contributed by atoms with van der Waals surface area (Å²) < 4.78 is 5.15. The quantitative estimate of drug-likeness (QED) is 0.859. The zero-order valence-corrected chi connectivity index (χ0v) is 14.1. The van der Waals surface area contributed by atoms with Gasteiger partial charge in [-0.05, 0) is 24.3 Å². The van der Waals surface area contributed by atoms with Crippen LogP contribution in [0, 0.1) is 0 Å². The summed E-state index contributed by atoms with van der Waals surface area (Å²) in [5.74, 6) is 1.52. The van der Waals surface area contributed by atoms with Gasteiger partial charge in [0.15, 0.2) is 0 Å². The van der Waals surface area contributed by atoms with Crippen LogP contribution in [0.25, 0.3) is 0 Å². The average molecular weight is 342 g/mol. The molecule has 1 N–H and O–H groups in total. The lowest BCUT2D eigenvalue weighted by atomic mass is 10.2. The van der Waals surface area contributed by atoms with Crippen molar-refractivity contribution in [3.63, 3.8) is 0 Å². The molecule has 1 aliphatic heterocycles. The number of aromatic nitrogens is 1. The number of carbonyl (C=O) groups is 2. The van der Waals surface area contributed by atoms with Crippen molar-refractivity contribution in [3.05, 3.63) is 48.6 Å². The number of carbonyl (C=O) groups excluding carboxylic acids is 2. The van der Waals surface area contributed by atoms with Crippen LogP contribution in [0.3, 0.4) is 0 Å². The number of hydrogen-bond acceptors (Lipinski definition) is 5. The normalized spacial score (nSPS) is 14.4. The minimum atomic E-state index is -0.142. The van der Waals surface area contributed by atoms with E-state index in [2.05, 4.69) is 15.2 Å². The number of amides is 2. The first-order chi connectivity index (χ1) is 12.2. The molecule has 2 amide bonds. The predicted octanol–water partition coefficient (Wildman–Crippen LogP) is 1.42. The topological polar surface area (TPSA) is 78.7 Å². The molecule has 0 saturated carbocycles. The van der Waals surface area contributed by atoms with E-state index in [0.717, 1.165) is 18.9 Å². The van der Waals surface area contributed by atoms with Crippen molar-refractivity contribution in [2.24, 2.45) is 0 Å². The van der Waals surface area contributed by atoms with E-state index < -0.39 is 0 Å². The predicted molar refractivity (Wildman–Crippen MR) is 92.8 cm³/mol. The lowest BCUT2D eigenvalue weighted by Gasteiger charge is -2.35. The van der Waals surface area contributed by atoms with Gasteiger partial charge in [-0.2, -0.15) is 0 Å². The molecule has 132 valence electrons. The van der Waals surface area contributed by atoms with Gasteiger partial charge in [-0.15, -0.1) is 0 Å². The molecular formula is C18H22N4O3. The molecule has 3 rings (SSSR count). The van der Waals surface area contributed by atoms with Gasteiger partial charge >= 0.3 is 0 Å². The molecule has 1 aliphatic rings. The number of furan rings is 1. The molecule has 0 spiro atoms. The summed E-state index contributed by atoms with van der Waals surface area (Å²) in [5, 5.41) is 2.75. The molecule has 0 radical (unpaired) electrons. The molecule has 2 aromatic heterocycles. The van der Waals surface area contributed by atoms with Crippen molar-refractivity contribution in [2.75, 3.05) is 31.1 Å². The second-order valence-corrected chi connectivity index (χ2v) is 5.91. The first-order valence-corrected chi connectivity index (χ1v) is 8.45. The van der Waals surface area contributed by atoms with Crippen molar-refractivity contribution in [1.29, 1.82) is 0 Å². The molecule has 0 aromatic carbocycles. The first kappa shape index (κ1) is 17.0. The van der Waals surface area contributed by atoms with Crippen molar-refractivity contribution < 1.29 is 14.0 Å². The second kappa shape index (κ2) is 8.32. The Kier molecular flexibility index (Phi) is 5.66. The summed E-state index contributed by atoms with van der Waals surface area (Å²) in [7, 11) is 0. The Balaban J connectivity index is 1.37. The monoisotopic (exact) mass is 342 g/mol. The van der Waals surface area contributed by atoms with Crippen LogP contribution >= 0.6 is 0 Å². The van der Waals surface area contributed by atoms with E-state index in [9.17, 15) is 9.59 Å². The van der Waals surface area contributed by atoms with Crippen molar-refractivity contribution >= 4 is 17.6 Å². The van der Waals surface area contributed by atoms with E-state index in [0.29, 0.717) is 25.4 Å². The first-order valence-electron chi connectivity index (χ1n) is 8.45. The highest BCUT2D eigenvalue weighted by atomic mass is 16.3. The van der Waals surface area contributed by atoms with Crippen LogP contribution in [0.5, 0.6) is 0 Å². The van der Waals surface area contributed by atoms with Gasteiger partial charge in [-0.3, -0.25) is 9.59 Å². The largest absolute Gasteiger partial charge is 0.467 e. The maximum Gasteiger partial charge on any atom is 0.223 e. The fourth-order valence-electron chi connectivity index (χ4n) is 2.79. The SMILES string of the molecule is O=C(CCC(=O)N1CCN(c2ccccn2)CC1)NCc1ccco1. The van der Waals surface area contributed by atoms with E-state index >= 15 is 0 Å². The van der Waals surface area contributed by atoms with Gasteiger partial charge in [-0.1, -0.05) is 6.07 Å². The minimum Gasteiger partial charge on any atom is -0.467 e. The molecule has 2 aromatic rings. The third-order valence-electron chi connectivity index (χ3n) is 4.21. The highest BCUT2D eigenvalue weighted by Crippen LogP contribution is 2.13. The van der Waals surface area contributed by atoms with E-state index in [1.807, 2.05) is 23.1 Å². The zero-order valence-electron chi connectivity index (χ0n) is 14.1. The number of nitrogens with zero attached hydrogens (tertiary/aromatic N) is 3. The highest BCUT2D eigenvalue weighted by Gasteiger charge is 2.22. The van der Waals surface area contributed by atoms with Gasteiger partial charge in [0.2, 0.25) is 11.8 Å². The third-order valence-corrected chi connectivity index (χ3v) is 4.21. The van der Waals surface area contributed by atoms with Gasteiger partial charge in [-0.25, -0.2) is 4.98 Å². The van der Waals surface area contributed by atoms with Crippen LogP contribution < -0.4 is 10.2 Å². The van der Waals surface area contributed by atoms with Gasteiger partial charge < -0.3 is 19.5 Å². The van der Waals surface area contributed by atoms with E-state index in [1.54, 1.807) is 24.6 Å². The van der Waals surface area contributed by atoms with Gasteiger partial charge in [0.05, 0.1) is 12.8 Å². The summed E-state index contributed by atoms with van der Waals surface area (Å²) in [5.41, 5.74) is 0. The smallest absolute Gasteiger partial charge is 0.223 e. The summed E-state index contributed by atoms with van der Waals surface area (Å²) in [6.45, 7) is 3.18. The minimum absolute atomic E-state index is 0.0221. The lowest BCUT2D eigenvalue weighted by Crippen LogP contribution is -2.49. The Labute approximate surface area is 146 Å². The van der Waals surface area contributed by atoms with Gasteiger partial charge in [0.1, 0.15) is 11.6 Å². The highest BCUT2D eigenvalue weighted by molar-refractivity contribution is 5.83. The Morgan fingerprint density at radius 3 is 2.60 bits per heavy atom. The van der Waals surface area contributed by atoms with E-state index in [-0.39, 0.29) is 24.7 Å². The molecule has 7 nitrogen and oxygen atoms in total. The summed E-state index contributed by atoms with van der Waals surface area (Å²) in [6.07, 6.45) is 3.76. The van der Waals surface area contributed by atoms with E-state index in [4.69, 9.17) is 4.42 Å². The van der Waals surface area contributed by atoms with Crippen LogP contribution in [0.4, 0.5) is 5.82 Å². The molecule has 25 heavy (non-hydrogen) atoms. The number of piperazine rings is 1. The summed E-state index contributed by atoms with van der Waals surface area (Å²) >= 11 is 0. The van der Waals surface area contributed by atoms with Crippen molar-refractivity contribution in [2.45, 2.75) is 19.4 Å². The van der Waals surface area contributed by atoms with Crippen LogP contribution in [0.1, 0.15) is 18.6 Å². The lowest BCUT2D eigenvalue weighted by molar-refractivity contribution is -0.133. The number of nitrogens with one attached hydrogen (secondary N) is 1. The maximum atomic E-state index is 12.3. The number of rotatable bonds is 6. The van der Waals surface area contributed by atoms with Crippen LogP contribution in [0.15, 0.2) is 47.2 Å². The Morgan fingerprint density at radius 1 is 1.08 bits per heavy atom. The third kappa shape index (κ3) is 4.82. The molecular weight excluding hydrogens is 320 g/mol. The molecule has 0 unspecified atom stereocenters. The van der Waals surface area contributed by atoms with Crippen LogP contribution in [-0.4, -0.2) is 47.9 Å². The molecule has 1 fully saturated rings. The molecule has 7 heteroatoms. The van der Waals surface area contributed by atoms with Crippen molar-refractivity contribution in [1.82, 2.24) is 15.2 Å². The fourth-order valence-corrected chi connectivity index (χ4v) is 2.79. The zero-order chi connectivity index (χ0) is 17.5. The molecule has 0 atom stereocenters. The molecule has 1 saturated heterocycles. The number of pyridine rings is 1. The summed E-state index contributed by atoms with van der Waals surface area (Å²) in [4.78, 5) is 32.4. The number of anilines is 1. The Bertz CT molecular complexity index is 680. The van der Waals surface area contributed by atoms with E-state index in [1.165, 1.54) is 0 Å². The van der Waals surface area contributed by atoms with Crippen LogP contribution in [0.2, 0.25) is 0 Å². The molecule has 3 heterocycles. The number of hydrogen-bond donors (Lipinski definition) is 1. The standard InChI is InChI=1S/C18H22N4O3/c23-17(20-14-15-4-3-13-25-15)6-7-18(24)22-11-9-21(10-12-22)16-5-1-2-8-19-16/h1-5,8,13H,6-7,9-12,14H2,(H,20,23). The maximum absolute atomic E-state index is 12.3. The molecule has 0 bridgehead atoms. The van der Waals surface area contributed by atoms with Gasteiger partial charge in [0, 0.05) is 45.2 Å². The molecule has 0 aliphatic carbocycles. The van der Waals surface area contributed by atoms with Gasteiger partial charge in [0.25, 0.3) is 0 Å². The van der Waals surface area contributed by atoms with Crippen molar-refractivity contribution in [3.8, 4) is 0 Å². The summed E-state index contributed by atoms with van der Waals surface area (Å²) in [6, 6.07) is 9.39.